The fourth-order valence-electron chi connectivity index (χ4n) is 3.13. The van der Waals surface area contributed by atoms with Gasteiger partial charge in [0.2, 0.25) is 5.91 Å². The highest BCUT2D eigenvalue weighted by Crippen LogP contribution is 2.30. The highest BCUT2D eigenvalue weighted by atomic mass is 35.5. The summed E-state index contributed by atoms with van der Waals surface area (Å²) in [6.07, 6.45) is 0.894. The lowest BCUT2D eigenvalue weighted by Crippen LogP contribution is -2.30. The molecule has 0 aliphatic carbocycles. The maximum atomic E-state index is 12.7. The number of carbonyl (C=O) groups is 1. The van der Waals surface area contributed by atoms with Gasteiger partial charge in [-0.2, -0.15) is 0 Å². The molecule has 0 fully saturated rings. The highest BCUT2D eigenvalue weighted by molar-refractivity contribution is 7.99. The van der Waals surface area contributed by atoms with Crippen LogP contribution in [0.25, 0.3) is 0 Å². The molecule has 0 spiro atoms. The zero-order valence-electron chi connectivity index (χ0n) is 15.6. The second kappa shape index (κ2) is 8.65. The van der Waals surface area contributed by atoms with E-state index in [0.717, 1.165) is 18.7 Å². The van der Waals surface area contributed by atoms with E-state index in [9.17, 15) is 4.79 Å². The van der Waals surface area contributed by atoms with Crippen LogP contribution in [-0.2, 0) is 24.9 Å². The smallest absolute Gasteiger partial charge is 0.237 e. The highest BCUT2D eigenvalue weighted by Gasteiger charge is 2.24. The van der Waals surface area contributed by atoms with Crippen LogP contribution in [0.1, 0.15) is 11.4 Å². The maximum absolute atomic E-state index is 12.7. The molecule has 1 aliphatic rings. The Labute approximate surface area is 182 Å². The van der Waals surface area contributed by atoms with Crippen molar-refractivity contribution in [3.8, 4) is 5.75 Å². The molecule has 1 amide bonds. The first kappa shape index (κ1) is 20.1. The van der Waals surface area contributed by atoms with Crippen molar-refractivity contribution in [1.29, 1.82) is 0 Å². The average Bonchev–Trinajstić information content (AvgIpc) is 3.29. The average molecular weight is 449 g/mol. The molecule has 0 saturated heterocycles. The Morgan fingerprint density at radius 2 is 2.03 bits per heavy atom. The SMILES string of the molecule is Cn1c(COc2ccc(Cl)cc2Cl)nnc1SCC(=O)N1CCc2ccccc21. The number of halogens is 2. The van der Waals surface area contributed by atoms with E-state index < -0.39 is 0 Å². The van der Waals surface area contributed by atoms with Crippen molar-refractivity contribution in [3.05, 3.63) is 63.9 Å². The second-order valence-electron chi connectivity index (χ2n) is 6.53. The Hall–Kier alpha value is -2.22. The number of hydrogen-bond donors (Lipinski definition) is 0. The summed E-state index contributed by atoms with van der Waals surface area (Å²) in [5.74, 6) is 1.52. The molecular weight excluding hydrogens is 431 g/mol. The third kappa shape index (κ3) is 4.37. The predicted molar refractivity (Wildman–Crippen MR) is 115 cm³/mol. The van der Waals surface area contributed by atoms with Gasteiger partial charge in [0.25, 0.3) is 0 Å². The Balaban J connectivity index is 1.36. The number of hydrogen-bond acceptors (Lipinski definition) is 5. The van der Waals surface area contributed by atoms with Crippen molar-refractivity contribution in [1.82, 2.24) is 14.8 Å². The molecule has 1 aromatic heterocycles. The topological polar surface area (TPSA) is 60.2 Å². The van der Waals surface area contributed by atoms with E-state index in [1.54, 1.807) is 18.2 Å². The number of thioether (sulfide) groups is 1. The molecule has 150 valence electrons. The zero-order chi connectivity index (χ0) is 20.4. The Morgan fingerprint density at radius 3 is 2.86 bits per heavy atom. The number of benzene rings is 2. The number of aromatic nitrogens is 3. The molecule has 0 bridgehead atoms. The van der Waals surface area contributed by atoms with Crippen LogP contribution < -0.4 is 9.64 Å². The lowest BCUT2D eigenvalue weighted by Gasteiger charge is -2.16. The van der Waals surface area contributed by atoms with Crippen LogP contribution in [0, 0.1) is 0 Å². The third-order valence-electron chi connectivity index (χ3n) is 4.69. The van der Waals surface area contributed by atoms with E-state index >= 15 is 0 Å². The summed E-state index contributed by atoms with van der Waals surface area (Å²) in [5.41, 5.74) is 2.22. The Bertz CT molecular complexity index is 1060. The van der Waals surface area contributed by atoms with Crippen LogP contribution in [0.2, 0.25) is 10.0 Å². The summed E-state index contributed by atoms with van der Waals surface area (Å²) in [6, 6.07) is 13.1. The molecule has 0 unspecified atom stereocenters. The zero-order valence-corrected chi connectivity index (χ0v) is 18.0. The van der Waals surface area contributed by atoms with E-state index in [2.05, 4.69) is 16.3 Å². The van der Waals surface area contributed by atoms with E-state index in [0.29, 0.717) is 32.5 Å². The van der Waals surface area contributed by atoms with Crippen LogP contribution in [0.15, 0.2) is 47.6 Å². The van der Waals surface area contributed by atoms with Gasteiger partial charge < -0.3 is 14.2 Å². The van der Waals surface area contributed by atoms with Gasteiger partial charge in [-0.1, -0.05) is 53.2 Å². The van der Waals surface area contributed by atoms with Crippen molar-refractivity contribution in [2.45, 2.75) is 18.2 Å². The van der Waals surface area contributed by atoms with Crippen molar-refractivity contribution >= 4 is 46.6 Å². The van der Waals surface area contributed by atoms with Crippen LogP contribution in [-0.4, -0.2) is 33.0 Å². The van der Waals surface area contributed by atoms with Crippen molar-refractivity contribution in [2.75, 3.05) is 17.2 Å². The van der Waals surface area contributed by atoms with Gasteiger partial charge in [0, 0.05) is 24.3 Å². The molecule has 4 rings (SSSR count). The Kier molecular flexibility index (Phi) is 5.99. The molecule has 0 saturated carbocycles. The standard InChI is InChI=1S/C20H18Cl2N4O2S/c1-25-18(11-28-17-7-6-14(21)10-15(17)22)23-24-20(25)29-12-19(27)26-9-8-13-4-2-3-5-16(13)26/h2-7,10H,8-9,11-12H2,1H3. The molecule has 0 N–H and O–H groups in total. The summed E-state index contributed by atoms with van der Waals surface area (Å²) in [6.45, 7) is 0.928. The van der Waals surface area contributed by atoms with Crippen LogP contribution >= 0.6 is 35.0 Å². The molecule has 0 atom stereocenters. The fraction of sp³-hybridized carbons (Fsp3) is 0.250. The summed E-state index contributed by atoms with van der Waals surface area (Å²) >= 11 is 13.4. The van der Waals surface area contributed by atoms with Gasteiger partial charge in [-0.15, -0.1) is 10.2 Å². The van der Waals surface area contributed by atoms with Gasteiger partial charge in [-0.25, -0.2) is 0 Å². The molecule has 2 aromatic carbocycles. The summed E-state index contributed by atoms with van der Waals surface area (Å²) in [4.78, 5) is 14.5. The lowest BCUT2D eigenvalue weighted by atomic mass is 10.2. The third-order valence-corrected chi connectivity index (χ3v) is 6.22. The summed E-state index contributed by atoms with van der Waals surface area (Å²) in [5, 5.41) is 9.98. The monoisotopic (exact) mass is 448 g/mol. The molecule has 6 nitrogen and oxygen atoms in total. The minimum absolute atomic E-state index is 0.0636. The molecule has 1 aliphatic heterocycles. The Morgan fingerprint density at radius 1 is 1.21 bits per heavy atom. The van der Waals surface area contributed by atoms with Crippen LogP contribution in [0.3, 0.4) is 0 Å². The molecular formula is C20H18Cl2N4O2S. The molecule has 3 aromatic rings. The second-order valence-corrected chi connectivity index (χ2v) is 8.32. The lowest BCUT2D eigenvalue weighted by molar-refractivity contribution is -0.116. The fourth-order valence-corrected chi connectivity index (χ4v) is 4.40. The number of nitrogens with zero attached hydrogens (tertiary/aromatic N) is 4. The first-order valence-electron chi connectivity index (χ1n) is 9.00. The van der Waals surface area contributed by atoms with E-state index in [4.69, 9.17) is 27.9 Å². The number of ether oxygens (including phenoxy) is 1. The predicted octanol–water partition coefficient (Wildman–Crippen LogP) is 4.38. The van der Waals surface area contributed by atoms with E-state index in [1.165, 1.54) is 17.3 Å². The minimum atomic E-state index is 0.0636. The van der Waals surface area contributed by atoms with Gasteiger partial charge >= 0.3 is 0 Å². The largest absolute Gasteiger partial charge is 0.484 e. The van der Waals surface area contributed by atoms with E-state index in [-0.39, 0.29) is 12.5 Å². The number of para-hydroxylation sites is 1. The molecule has 0 radical (unpaired) electrons. The van der Waals surface area contributed by atoms with Crippen LogP contribution in [0.5, 0.6) is 5.75 Å². The first-order chi connectivity index (χ1) is 14.0. The quantitative estimate of drug-likeness (QED) is 0.523. The number of rotatable bonds is 6. The van der Waals surface area contributed by atoms with Gasteiger partial charge in [-0.05, 0) is 36.2 Å². The minimum Gasteiger partial charge on any atom is -0.484 e. The molecule has 2 heterocycles. The van der Waals surface area contributed by atoms with Crippen molar-refractivity contribution in [3.63, 3.8) is 0 Å². The number of amides is 1. The van der Waals surface area contributed by atoms with Gasteiger partial charge in [0.1, 0.15) is 12.4 Å². The van der Waals surface area contributed by atoms with Gasteiger partial charge in [-0.3, -0.25) is 4.79 Å². The van der Waals surface area contributed by atoms with Gasteiger partial charge in [0.05, 0.1) is 10.8 Å². The summed E-state index contributed by atoms with van der Waals surface area (Å²) < 4.78 is 7.54. The number of carbonyl (C=O) groups excluding carboxylic acids is 1. The molecule has 9 heteroatoms. The first-order valence-corrected chi connectivity index (χ1v) is 10.7. The van der Waals surface area contributed by atoms with Gasteiger partial charge in [0.15, 0.2) is 11.0 Å². The number of fused-ring (bicyclic) bond motifs is 1. The van der Waals surface area contributed by atoms with Crippen LogP contribution in [0.4, 0.5) is 5.69 Å². The van der Waals surface area contributed by atoms with Crippen molar-refractivity contribution in [2.24, 2.45) is 7.05 Å². The molecule has 29 heavy (non-hydrogen) atoms. The van der Waals surface area contributed by atoms with Crippen molar-refractivity contribution < 1.29 is 9.53 Å². The number of anilines is 1. The maximum Gasteiger partial charge on any atom is 0.237 e. The van der Waals surface area contributed by atoms with E-state index in [1.807, 2.05) is 34.7 Å². The summed E-state index contributed by atoms with van der Waals surface area (Å²) in [7, 11) is 1.85. The normalized spacial score (nSPS) is 12.9.